The largest absolute Gasteiger partial charge is 0.445 e. The number of nitrogens with zero attached hydrogens (tertiary/aromatic N) is 2. The summed E-state index contributed by atoms with van der Waals surface area (Å²) in [6.07, 6.45) is 2.53. The van der Waals surface area contributed by atoms with Crippen molar-refractivity contribution < 1.29 is 19.1 Å². The van der Waals surface area contributed by atoms with Crippen molar-refractivity contribution in [2.45, 2.75) is 51.8 Å². The monoisotopic (exact) mass is 360 g/mol. The molecule has 0 radical (unpaired) electrons. The summed E-state index contributed by atoms with van der Waals surface area (Å²) in [5.41, 5.74) is 0.890. The van der Waals surface area contributed by atoms with E-state index in [9.17, 15) is 14.4 Å². The van der Waals surface area contributed by atoms with Crippen molar-refractivity contribution in [1.82, 2.24) is 9.80 Å². The fourth-order valence-electron chi connectivity index (χ4n) is 3.33. The number of amides is 2. The minimum Gasteiger partial charge on any atom is -0.445 e. The first-order valence-corrected chi connectivity index (χ1v) is 9.18. The van der Waals surface area contributed by atoms with Gasteiger partial charge in [-0.15, -0.1) is 0 Å². The van der Waals surface area contributed by atoms with Crippen LogP contribution >= 0.6 is 0 Å². The summed E-state index contributed by atoms with van der Waals surface area (Å²) in [6, 6.07) is 8.39. The van der Waals surface area contributed by atoms with Gasteiger partial charge in [0.05, 0.1) is 6.04 Å². The van der Waals surface area contributed by atoms with Crippen molar-refractivity contribution in [3.8, 4) is 0 Å². The Labute approximate surface area is 155 Å². The zero-order valence-electron chi connectivity index (χ0n) is 15.8. The summed E-state index contributed by atoms with van der Waals surface area (Å²) in [5, 5.41) is 0. The van der Waals surface area contributed by atoms with Crippen LogP contribution in [0.1, 0.15) is 38.7 Å². The molecule has 142 valence electrons. The minimum atomic E-state index is -0.635. The van der Waals surface area contributed by atoms with E-state index in [1.807, 2.05) is 44.2 Å². The van der Waals surface area contributed by atoms with Crippen LogP contribution in [0.3, 0.4) is 0 Å². The Hall–Kier alpha value is -2.37. The zero-order chi connectivity index (χ0) is 19.1. The average molecular weight is 360 g/mol. The first-order chi connectivity index (χ1) is 12.5. The Morgan fingerprint density at radius 2 is 2.04 bits per heavy atom. The van der Waals surface area contributed by atoms with Crippen LogP contribution in [-0.2, 0) is 20.9 Å². The van der Waals surface area contributed by atoms with E-state index in [0.717, 1.165) is 24.7 Å². The van der Waals surface area contributed by atoms with E-state index in [2.05, 4.69) is 0 Å². The molecule has 26 heavy (non-hydrogen) atoms. The molecule has 1 fully saturated rings. The summed E-state index contributed by atoms with van der Waals surface area (Å²) >= 11 is 0. The van der Waals surface area contributed by atoms with Crippen molar-refractivity contribution in [2.24, 2.45) is 5.92 Å². The van der Waals surface area contributed by atoms with E-state index in [4.69, 9.17) is 4.74 Å². The van der Waals surface area contributed by atoms with Gasteiger partial charge in [-0.05, 0) is 24.3 Å². The van der Waals surface area contributed by atoms with Gasteiger partial charge in [0.2, 0.25) is 5.91 Å². The van der Waals surface area contributed by atoms with Gasteiger partial charge >= 0.3 is 6.09 Å². The topological polar surface area (TPSA) is 66.9 Å². The maximum Gasteiger partial charge on any atom is 0.410 e. The third kappa shape index (κ3) is 4.62. The number of hydrogen-bond donors (Lipinski definition) is 0. The van der Waals surface area contributed by atoms with Crippen LogP contribution in [0, 0.1) is 5.92 Å². The molecule has 0 saturated carbocycles. The maximum absolute atomic E-state index is 13.1. The second-order valence-corrected chi connectivity index (χ2v) is 6.86. The van der Waals surface area contributed by atoms with Crippen molar-refractivity contribution in [2.75, 3.05) is 13.6 Å². The van der Waals surface area contributed by atoms with Gasteiger partial charge in [0.15, 0.2) is 0 Å². The maximum atomic E-state index is 13.1. The van der Waals surface area contributed by atoms with Crippen LogP contribution in [0.15, 0.2) is 30.3 Å². The Balaban J connectivity index is 2.08. The molecule has 0 bridgehead atoms. The number of likely N-dealkylation sites (tertiary alicyclic amines) is 1. The zero-order valence-corrected chi connectivity index (χ0v) is 15.8. The Morgan fingerprint density at radius 3 is 2.65 bits per heavy atom. The Kier molecular flexibility index (Phi) is 7.18. The number of carbonyl (C=O) groups is 3. The molecular weight excluding hydrogens is 332 g/mol. The van der Waals surface area contributed by atoms with Gasteiger partial charge in [0.1, 0.15) is 18.9 Å². The van der Waals surface area contributed by atoms with Gasteiger partial charge in [0.25, 0.3) is 0 Å². The normalized spacial score (nSPS) is 18.9. The number of hydrogen-bond acceptors (Lipinski definition) is 4. The number of likely N-dealkylation sites (N-methyl/N-ethyl adjacent to an activating group) is 1. The summed E-state index contributed by atoms with van der Waals surface area (Å²) in [7, 11) is 1.59. The van der Waals surface area contributed by atoms with Gasteiger partial charge in [0, 0.05) is 13.6 Å². The predicted octanol–water partition coefficient (Wildman–Crippen LogP) is 2.86. The van der Waals surface area contributed by atoms with Crippen molar-refractivity contribution in [3.63, 3.8) is 0 Å². The predicted molar refractivity (Wildman–Crippen MR) is 98.4 cm³/mol. The number of benzene rings is 1. The summed E-state index contributed by atoms with van der Waals surface area (Å²) in [6.45, 7) is 4.64. The van der Waals surface area contributed by atoms with Crippen LogP contribution in [-0.4, -0.2) is 53.8 Å². The molecule has 1 heterocycles. The second kappa shape index (κ2) is 9.36. The molecule has 2 amide bonds. The molecule has 2 rings (SSSR count). The molecule has 1 saturated heterocycles. The van der Waals surface area contributed by atoms with Crippen LogP contribution in [0.5, 0.6) is 0 Å². The average Bonchev–Trinajstić information content (AvgIpc) is 3.15. The molecule has 0 aliphatic carbocycles. The number of ether oxygens (including phenoxy) is 1. The molecule has 1 aliphatic heterocycles. The number of carbonyl (C=O) groups excluding carboxylic acids is 3. The molecular formula is C20H28N2O4. The standard InChI is InChI=1S/C20H28N2O4/c1-4-15(2)18(19(24)22-12-8-11-17(22)13-23)21(3)20(25)26-14-16-9-6-5-7-10-16/h5-7,9-10,13,15,17-18H,4,8,11-12,14H2,1-3H3/t15-,17-,18+/m0/s1. The van der Waals surface area contributed by atoms with Crippen LogP contribution in [0.2, 0.25) is 0 Å². The van der Waals surface area contributed by atoms with Gasteiger partial charge in [-0.2, -0.15) is 0 Å². The highest BCUT2D eigenvalue weighted by Crippen LogP contribution is 2.23. The van der Waals surface area contributed by atoms with E-state index in [0.29, 0.717) is 13.0 Å². The van der Waals surface area contributed by atoms with Gasteiger partial charge in [-0.25, -0.2) is 4.79 Å². The fourth-order valence-corrected chi connectivity index (χ4v) is 3.33. The quantitative estimate of drug-likeness (QED) is 0.701. The minimum absolute atomic E-state index is 0.0373. The summed E-state index contributed by atoms with van der Waals surface area (Å²) in [4.78, 5) is 39.8. The van der Waals surface area contributed by atoms with Crippen LogP contribution in [0.25, 0.3) is 0 Å². The lowest BCUT2D eigenvalue weighted by atomic mass is 9.96. The molecule has 1 aromatic rings. The van der Waals surface area contributed by atoms with Gasteiger partial charge in [-0.3, -0.25) is 9.69 Å². The molecule has 6 heteroatoms. The van der Waals surface area contributed by atoms with Crippen molar-refractivity contribution in [1.29, 1.82) is 0 Å². The highest BCUT2D eigenvalue weighted by molar-refractivity contribution is 5.88. The first-order valence-electron chi connectivity index (χ1n) is 9.18. The molecule has 0 unspecified atom stereocenters. The third-order valence-electron chi connectivity index (χ3n) is 5.09. The Bertz CT molecular complexity index is 619. The lowest BCUT2D eigenvalue weighted by Gasteiger charge is -2.34. The molecule has 0 spiro atoms. The van der Waals surface area contributed by atoms with Crippen LogP contribution in [0.4, 0.5) is 4.79 Å². The molecule has 1 aromatic carbocycles. The van der Waals surface area contributed by atoms with E-state index in [-0.39, 0.29) is 24.5 Å². The lowest BCUT2D eigenvalue weighted by Crippen LogP contribution is -2.53. The fraction of sp³-hybridized carbons (Fsp3) is 0.550. The smallest absolute Gasteiger partial charge is 0.410 e. The van der Waals surface area contributed by atoms with Crippen molar-refractivity contribution >= 4 is 18.3 Å². The summed E-state index contributed by atoms with van der Waals surface area (Å²) in [5.74, 6) is -0.210. The van der Waals surface area contributed by atoms with E-state index >= 15 is 0 Å². The van der Waals surface area contributed by atoms with E-state index < -0.39 is 12.1 Å². The lowest BCUT2D eigenvalue weighted by molar-refractivity contribution is -0.140. The van der Waals surface area contributed by atoms with E-state index in [1.54, 1.807) is 11.9 Å². The Morgan fingerprint density at radius 1 is 1.35 bits per heavy atom. The second-order valence-electron chi connectivity index (χ2n) is 6.86. The van der Waals surface area contributed by atoms with E-state index in [1.165, 1.54) is 4.90 Å². The first kappa shape index (κ1) is 19.9. The van der Waals surface area contributed by atoms with Crippen LogP contribution < -0.4 is 0 Å². The molecule has 0 N–H and O–H groups in total. The third-order valence-corrected chi connectivity index (χ3v) is 5.09. The van der Waals surface area contributed by atoms with Crippen molar-refractivity contribution in [3.05, 3.63) is 35.9 Å². The van der Waals surface area contributed by atoms with Gasteiger partial charge < -0.3 is 14.4 Å². The highest BCUT2D eigenvalue weighted by Gasteiger charge is 2.39. The molecule has 0 aromatic heterocycles. The highest BCUT2D eigenvalue weighted by atomic mass is 16.6. The summed E-state index contributed by atoms with van der Waals surface area (Å²) < 4.78 is 5.38. The molecule has 3 atom stereocenters. The SMILES string of the molecule is CC[C@H](C)[C@H](C(=O)N1CCC[C@H]1C=O)N(C)C(=O)OCc1ccccc1. The number of aldehydes is 1. The molecule has 6 nitrogen and oxygen atoms in total. The van der Waals surface area contributed by atoms with Gasteiger partial charge in [-0.1, -0.05) is 50.6 Å². The molecule has 1 aliphatic rings. The number of rotatable bonds is 7.